The van der Waals surface area contributed by atoms with Gasteiger partial charge >= 0.3 is 0 Å². The fourth-order valence-electron chi connectivity index (χ4n) is 2.53. The van der Waals surface area contributed by atoms with E-state index in [1.165, 1.54) is 6.07 Å². The van der Waals surface area contributed by atoms with E-state index in [0.29, 0.717) is 11.5 Å². The van der Waals surface area contributed by atoms with Gasteiger partial charge in [-0.15, -0.1) is 0 Å². The first kappa shape index (κ1) is 14.5. The number of aliphatic hydroxyl groups excluding tert-OH is 1. The van der Waals surface area contributed by atoms with Crippen molar-refractivity contribution in [2.75, 3.05) is 0 Å². The summed E-state index contributed by atoms with van der Waals surface area (Å²) in [6, 6.07) is 6.51. The number of aliphatic hydroxyl groups is 1. The highest BCUT2D eigenvalue weighted by Crippen LogP contribution is 2.26. The first-order valence-corrected chi connectivity index (χ1v) is 8.19. The molecule has 106 valence electrons. The molecular formula is C14H21NO3S. The van der Waals surface area contributed by atoms with Gasteiger partial charge in [0.25, 0.3) is 0 Å². The number of rotatable bonds is 4. The van der Waals surface area contributed by atoms with Crippen molar-refractivity contribution in [1.29, 1.82) is 0 Å². The zero-order valence-corrected chi connectivity index (χ0v) is 12.2. The summed E-state index contributed by atoms with van der Waals surface area (Å²) in [7, 11) is -3.49. The van der Waals surface area contributed by atoms with Crippen LogP contribution in [-0.4, -0.2) is 19.6 Å². The van der Waals surface area contributed by atoms with Crippen LogP contribution < -0.4 is 4.72 Å². The minimum atomic E-state index is -3.49. The third kappa shape index (κ3) is 3.35. The lowest BCUT2D eigenvalue weighted by atomic mass is 10.1. The van der Waals surface area contributed by atoms with E-state index in [4.69, 9.17) is 0 Å². The second kappa shape index (κ2) is 5.61. The maximum atomic E-state index is 12.3. The highest BCUT2D eigenvalue weighted by Gasteiger charge is 2.28. The molecule has 1 aromatic carbocycles. The molecule has 1 aliphatic carbocycles. The highest BCUT2D eigenvalue weighted by molar-refractivity contribution is 7.89. The van der Waals surface area contributed by atoms with Crippen LogP contribution >= 0.6 is 0 Å². The van der Waals surface area contributed by atoms with Crippen LogP contribution in [0.15, 0.2) is 29.2 Å². The average Bonchev–Trinajstić information content (AvgIpc) is 2.74. The minimum Gasteiger partial charge on any atom is -0.389 e. The molecule has 19 heavy (non-hydrogen) atoms. The van der Waals surface area contributed by atoms with Gasteiger partial charge in [0.05, 0.1) is 11.0 Å². The van der Waals surface area contributed by atoms with Gasteiger partial charge in [0.15, 0.2) is 0 Å². The van der Waals surface area contributed by atoms with Gasteiger partial charge < -0.3 is 5.11 Å². The molecule has 2 N–H and O–H groups in total. The Bertz CT molecular complexity index is 539. The average molecular weight is 283 g/mol. The predicted octanol–water partition coefficient (Wildman–Crippen LogP) is 2.21. The molecule has 3 unspecified atom stereocenters. The Balaban J connectivity index is 2.21. The van der Waals surface area contributed by atoms with Crippen molar-refractivity contribution >= 4 is 10.0 Å². The molecule has 0 aromatic heterocycles. The van der Waals surface area contributed by atoms with Crippen LogP contribution in [-0.2, 0) is 10.0 Å². The van der Waals surface area contributed by atoms with Crippen molar-refractivity contribution in [3.8, 4) is 0 Å². The zero-order chi connectivity index (χ0) is 14.0. The largest absolute Gasteiger partial charge is 0.389 e. The second-order valence-corrected chi connectivity index (χ2v) is 7.10. The van der Waals surface area contributed by atoms with Crippen molar-refractivity contribution in [3.63, 3.8) is 0 Å². The molecule has 5 heteroatoms. The standard InChI is InChI=1S/C14H21NO3S/c1-10-5-3-8-14(10)15-19(17,18)13-7-4-6-12(9-13)11(2)16/h4,6-7,9-11,14-16H,3,5,8H2,1-2H3. The van der Waals surface area contributed by atoms with Crippen LogP contribution in [0.2, 0.25) is 0 Å². The maximum absolute atomic E-state index is 12.3. The Labute approximate surface area is 114 Å². The molecule has 0 spiro atoms. The van der Waals surface area contributed by atoms with E-state index in [2.05, 4.69) is 11.6 Å². The van der Waals surface area contributed by atoms with Gasteiger partial charge in [-0.05, 0) is 43.4 Å². The number of nitrogens with one attached hydrogen (secondary N) is 1. The Morgan fingerprint density at radius 1 is 1.37 bits per heavy atom. The highest BCUT2D eigenvalue weighted by atomic mass is 32.2. The van der Waals surface area contributed by atoms with Crippen molar-refractivity contribution < 1.29 is 13.5 Å². The number of sulfonamides is 1. The van der Waals surface area contributed by atoms with Crippen LogP contribution in [0.25, 0.3) is 0 Å². The van der Waals surface area contributed by atoms with E-state index in [-0.39, 0.29) is 10.9 Å². The Kier molecular flexibility index (Phi) is 4.28. The number of hydrogen-bond acceptors (Lipinski definition) is 3. The van der Waals surface area contributed by atoms with Crippen molar-refractivity contribution in [3.05, 3.63) is 29.8 Å². The van der Waals surface area contributed by atoms with E-state index < -0.39 is 16.1 Å². The van der Waals surface area contributed by atoms with Gasteiger partial charge in [-0.25, -0.2) is 13.1 Å². The van der Waals surface area contributed by atoms with Gasteiger partial charge in [0, 0.05) is 6.04 Å². The van der Waals surface area contributed by atoms with Crippen LogP contribution in [0.5, 0.6) is 0 Å². The summed E-state index contributed by atoms with van der Waals surface area (Å²) in [5.41, 5.74) is 0.613. The summed E-state index contributed by atoms with van der Waals surface area (Å²) in [5.74, 6) is 0.384. The van der Waals surface area contributed by atoms with Crippen LogP contribution in [0, 0.1) is 5.92 Å². The molecule has 1 aliphatic rings. The maximum Gasteiger partial charge on any atom is 0.240 e. The van der Waals surface area contributed by atoms with E-state index in [9.17, 15) is 13.5 Å². The van der Waals surface area contributed by atoms with Gasteiger partial charge in [0.2, 0.25) is 10.0 Å². The first-order valence-electron chi connectivity index (χ1n) is 6.70. The first-order chi connectivity index (χ1) is 8.90. The van der Waals surface area contributed by atoms with Crippen molar-refractivity contribution in [2.24, 2.45) is 5.92 Å². The number of hydrogen-bond donors (Lipinski definition) is 2. The smallest absolute Gasteiger partial charge is 0.240 e. The summed E-state index contributed by atoms with van der Waals surface area (Å²) in [4.78, 5) is 0.227. The molecule has 1 aromatic rings. The van der Waals surface area contributed by atoms with Gasteiger partial charge in [-0.3, -0.25) is 0 Å². The summed E-state index contributed by atoms with van der Waals surface area (Å²) < 4.78 is 27.4. The molecule has 2 rings (SSSR count). The van der Waals surface area contributed by atoms with Gasteiger partial charge in [-0.1, -0.05) is 25.5 Å². The summed E-state index contributed by atoms with van der Waals surface area (Å²) >= 11 is 0. The molecule has 1 fully saturated rings. The fraction of sp³-hybridized carbons (Fsp3) is 0.571. The molecule has 0 heterocycles. The molecular weight excluding hydrogens is 262 g/mol. The second-order valence-electron chi connectivity index (χ2n) is 5.38. The molecule has 0 radical (unpaired) electrons. The molecule has 0 amide bonds. The lowest BCUT2D eigenvalue weighted by Gasteiger charge is -2.18. The van der Waals surface area contributed by atoms with Crippen molar-refractivity contribution in [2.45, 2.75) is 50.2 Å². The zero-order valence-electron chi connectivity index (χ0n) is 11.3. The normalized spacial score (nSPS) is 25.4. The molecule has 0 saturated heterocycles. The minimum absolute atomic E-state index is 0.0280. The summed E-state index contributed by atoms with van der Waals surface area (Å²) in [6.45, 7) is 3.70. The lowest BCUT2D eigenvalue weighted by molar-refractivity contribution is 0.199. The molecule has 0 bridgehead atoms. The monoisotopic (exact) mass is 283 g/mol. The summed E-state index contributed by atoms with van der Waals surface area (Å²) in [6.07, 6.45) is 2.37. The van der Waals surface area contributed by atoms with Gasteiger partial charge in [0.1, 0.15) is 0 Å². The Morgan fingerprint density at radius 3 is 2.68 bits per heavy atom. The third-order valence-electron chi connectivity index (χ3n) is 3.82. The van der Waals surface area contributed by atoms with Crippen LogP contribution in [0.4, 0.5) is 0 Å². The van der Waals surface area contributed by atoms with E-state index in [1.54, 1.807) is 25.1 Å². The molecule has 4 nitrogen and oxygen atoms in total. The SMILES string of the molecule is CC(O)c1cccc(S(=O)(=O)NC2CCCC2C)c1. The Morgan fingerprint density at radius 2 is 2.11 bits per heavy atom. The molecule has 1 saturated carbocycles. The third-order valence-corrected chi connectivity index (χ3v) is 5.31. The topological polar surface area (TPSA) is 66.4 Å². The van der Waals surface area contributed by atoms with E-state index in [0.717, 1.165) is 19.3 Å². The lowest BCUT2D eigenvalue weighted by Crippen LogP contribution is -2.36. The van der Waals surface area contributed by atoms with Crippen LogP contribution in [0.1, 0.15) is 44.8 Å². The predicted molar refractivity (Wildman–Crippen MR) is 74.2 cm³/mol. The summed E-state index contributed by atoms with van der Waals surface area (Å²) in [5, 5.41) is 9.52. The molecule has 3 atom stereocenters. The molecule has 0 aliphatic heterocycles. The number of benzene rings is 1. The van der Waals surface area contributed by atoms with Crippen molar-refractivity contribution in [1.82, 2.24) is 4.72 Å². The van der Waals surface area contributed by atoms with E-state index >= 15 is 0 Å². The van der Waals surface area contributed by atoms with E-state index in [1.807, 2.05) is 0 Å². The van der Waals surface area contributed by atoms with Crippen LogP contribution in [0.3, 0.4) is 0 Å². The fourth-order valence-corrected chi connectivity index (χ4v) is 3.96. The quantitative estimate of drug-likeness (QED) is 0.890. The Hall–Kier alpha value is -0.910. The van der Waals surface area contributed by atoms with Gasteiger partial charge in [-0.2, -0.15) is 0 Å².